The van der Waals surface area contributed by atoms with Gasteiger partial charge in [0.05, 0.1) is 12.8 Å². The van der Waals surface area contributed by atoms with Crippen molar-refractivity contribution in [3.8, 4) is 0 Å². The number of rotatable bonds is 10. The molecule has 6 fully saturated rings. The molecule has 6 aliphatic rings. The lowest BCUT2D eigenvalue weighted by molar-refractivity contribution is -0.250. The van der Waals surface area contributed by atoms with Crippen molar-refractivity contribution in [3.05, 3.63) is 12.2 Å². The van der Waals surface area contributed by atoms with E-state index in [2.05, 4.69) is 48.1 Å². The van der Waals surface area contributed by atoms with Gasteiger partial charge in [0.2, 0.25) is 0 Å². The summed E-state index contributed by atoms with van der Waals surface area (Å²) in [5.74, 6) is 1.78. The van der Waals surface area contributed by atoms with Crippen LogP contribution in [0.25, 0.3) is 0 Å². The molecule has 0 unspecified atom stereocenters. The van der Waals surface area contributed by atoms with Crippen LogP contribution in [0.3, 0.4) is 0 Å². The van der Waals surface area contributed by atoms with Crippen molar-refractivity contribution >= 4 is 17.9 Å². The Morgan fingerprint density at radius 1 is 0.760 bits per heavy atom. The van der Waals surface area contributed by atoms with E-state index in [0.717, 1.165) is 38.5 Å². The molecule has 6 heteroatoms. The van der Waals surface area contributed by atoms with Gasteiger partial charge in [-0.25, -0.2) is 0 Å². The molecule has 0 saturated heterocycles. The fourth-order valence-electron chi connectivity index (χ4n) is 14.6. The highest BCUT2D eigenvalue weighted by Gasteiger charge is 2.71. The minimum Gasteiger partial charge on any atom is -0.481 e. The highest BCUT2D eigenvalue weighted by molar-refractivity contribution is 5.73. The topological polar surface area (TPSA) is 89.9 Å². The first kappa shape index (κ1) is 37.9. The fourth-order valence-corrected chi connectivity index (χ4v) is 14.6. The van der Waals surface area contributed by atoms with Gasteiger partial charge in [-0.1, -0.05) is 60.6 Å². The summed E-state index contributed by atoms with van der Waals surface area (Å²) in [6.07, 6.45) is 17.8. The number of esters is 2. The van der Waals surface area contributed by atoms with Gasteiger partial charge < -0.3 is 14.6 Å². The van der Waals surface area contributed by atoms with Crippen molar-refractivity contribution < 1.29 is 29.0 Å². The van der Waals surface area contributed by atoms with Crippen molar-refractivity contribution in [1.29, 1.82) is 0 Å². The first-order valence-electron chi connectivity index (χ1n) is 20.5. The lowest BCUT2D eigenvalue weighted by Gasteiger charge is -2.73. The zero-order valence-electron chi connectivity index (χ0n) is 33.0. The third kappa shape index (κ3) is 6.31. The van der Waals surface area contributed by atoms with E-state index in [1.807, 2.05) is 13.8 Å². The Kier molecular flexibility index (Phi) is 10.0. The molecule has 0 aromatic heterocycles. The molecule has 0 radical (unpaired) electrons. The van der Waals surface area contributed by atoms with Gasteiger partial charge in [-0.15, -0.1) is 0 Å². The maximum atomic E-state index is 13.2. The Balaban J connectivity index is 1.20. The number of hydrogen-bond acceptors (Lipinski definition) is 5. The largest absolute Gasteiger partial charge is 0.481 e. The van der Waals surface area contributed by atoms with Crippen LogP contribution in [0, 0.1) is 62.1 Å². The number of fused-ring (bicyclic) bond motifs is 7. The minimum atomic E-state index is -0.878. The second-order valence-electron chi connectivity index (χ2n) is 20.7. The van der Waals surface area contributed by atoms with Gasteiger partial charge >= 0.3 is 17.9 Å². The summed E-state index contributed by atoms with van der Waals surface area (Å²) in [5, 5.41) is 9.34. The van der Waals surface area contributed by atoms with E-state index in [-0.39, 0.29) is 64.1 Å². The Morgan fingerprint density at radius 2 is 1.46 bits per heavy atom. The van der Waals surface area contributed by atoms with Crippen molar-refractivity contribution in [2.24, 2.45) is 62.1 Å². The molecule has 10 atom stereocenters. The highest BCUT2D eigenvalue weighted by Crippen LogP contribution is 2.78. The van der Waals surface area contributed by atoms with Gasteiger partial charge in [0.1, 0.15) is 12.2 Å². The van der Waals surface area contributed by atoms with Crippen molar-refractivity contribution in [2.45, 2.75) is 183 Å². The van der Waals surface area contributed by atoms with Gasteiger partial charge in [0.25, 0.3) is 0 Å². The van der Waals surface area contributed by atoms with Gasteiger partial charge in [-0.05, 0) is 160 Å². The summed E-state index contributed by atoms with van der Waals surface area (Å²) in [5.41, 5.74) is 1.44. The van der Waals surface area contributed by atoms with E-state index in [1.165, 1.54) is 63.4 Å². The standard InChI is InChI=1S/C44H70O6/c1-28(2)30-16-22-44(23-19-36(47)49-29-12-10-11-13-29)25-24-42(8)31(38(30)44)14-15-33-41(7)20-18-34(40(5,6)32(41)17-21-43(33,42)9)50-37(48)27-39(3,4)26-35(45)46/h29-34,38H,1,10-27H2,2-9H3,(H,45,46)/t30-,31+,32-,33+,34-,38+,41-,42+,43+,44-/m0/s1. The van der Waals surface area contributed by atoms with Crippen molar-refractivity contribution in [3.63, 3.8) is 0 Å². The van der Waals surface area contributed by atoms with E-state index in [4.69, 9.17) is 9.47 Å². The van der Waals surface area contributed by atoms with E-state index in [9.17, 15) is 19.5 Å². The molecule has 0 amide bonds. The molecule has 0 aliphatic heterocycles. The number of carboxylic acid groups (broad SMARTS) is 1. The molecule has 6 rings (SSSR count). The molecule has 0 spiro atoms. The number of carbonyl (C=O) groups excluding carboxylic acids is 2. The lowest BCUT2D eigenvalue weighted by atomic mass is 9.32. The van der Waals surface area contributed by atoms with E-state index in [1.54, 1.807) is 0 Å². The maximum Gasteiger partial charge on any atom is 0.306 e. The number of allylic oxidation sites excluding steroid dienone is 1. The molecule has 6 nitrogen and oxygen atoms in total. The van der Waals surface area contributed by atoms with Crippen LogP contribution in [0.2, 0.25) is 0 Å². The number of carboxylic acids is 1. The van der Waals surface area contributed by atoms with E-state index < -0.39 is 11.4 Å². The van der Waals surface area contributed by atoms with Crippen LogP contribution in [0.5, 0.6) is 0 Å². The summed E-state index contributed by atoms with van der Waals surface area (Å²) >= 11 is 0. The maximum absolute atomic E-state index is 13.2. The SMILES string of the molecule is C=C(C)[C@@H]1CC[C@]2(CCC(=O)OC3CCCC3)CC[C@]3(C)[C@H](CC[C@@H]4[C@@]5(C)CC[C@H](OC(=O)CC(C)(C)CC(=O)O)C(C)(C)[C@@H]5CC[C@]43C)[C@@H]12. The molecule has 0 bridgehead atoms. The molecule has 282 valence electrons. The number of aliphatic carboxylic acids is 1. The van der Waals surface area contributed by atoms with Crippen LogP contribution in [-0.4, -0.2) is 35.2 Å². The lowest BCUT2D eigenvalue weighted by Crippen LogP contribution is -2.66. The monoisotopic (exact) mass is 695 g/mol. The molecule has 1 N–H and O–H groups in total. The Bertz CT molecular complexity index is 1340. The second kappa shape index (κ2) is 13.2. The van der Waals surface area contributed by atoms with Crippen LogP contribution in [0.1, 0.15) is 171 Å². The highest BCUT2D eigenvalue weighted by atomic mass is 16.5. The van der Waals surface area contributed by atoms with Crippen LogP contribution < -0.4 is 0 Å². The van der Waals surface area contributed by atoms with Crippen molar-refractivity contribution in [2.75, 3.05) is 0 Å². The summed E-state index contributed by atoms with van der Waals surface area (Å²) in [6, 6.07) is 0. The third-order valence-corrected chi connectivity index (χ3v) is 17.1. The van der Waals surface area contributed by atoms with Crippen LogP contribution in [0.15, 0.2) is 12.2 Å². The predicted octanol–water partition coefficient (Wildman–Crippen LogP) is 10.7. The number of hydrogen-bond donors (Lipinski definition) is 1. The second-order valence-corrected chi connectivity index (χ2v) is 20.7. The fraction of sp³-hybridized carbons (Fsp3) is 0.886. The van der Waals surface area contributed by atoms with E-state index >= 15 is 0 Å². The molecular weight excluding hydrogens is 624 g/mol. The Labute approximate surface area is 303 Å². The zero-order chi connectivity index (χ0) is 36.5. The first-order valence-corrected chi connectivity index (χ1v) is 20.5. The zero-order valence-corrected chi connectivity index (χ0v) is 33.0. The molecule has 0 aromatic carbocycles. The molecule has 6 saturated carbocycles. The summed E-state index contributed by atoms with van der Waals surface area (Å²) < 4.78 is 12.3. The smallest absolute Gasteiger partial charge is 0.306 e. The van der Waals surface area contributed by atoms with Crippen LogP contribution >= 0.6 is 0 Å². The molecule has 0 aromatic rings. The van der Waals surface area contributed by atoms with Gasteiger partial charge in [-0.2, -0.15) is 0 Å². The van der Waals surface area contributed by atoms with Crippen molar-refractivity contribution in [1.82, 2.24) is 0 Å². The number of carbonyl (C=O) groups is 3. The van der Waals surface area contributed by atoms with Crippen LogP contribution in [0.4, 0.5) is 0 Å². The van der Waals surface area contributed by atoms with Gasteiger partial charge in [-0.3, -0.25) is 14.4 Å². The van der Waals surface area contributed by atoms with Gasteiger partial charge in [0.15, 0.2) is 0 Å². The predicted molar refractivity (Wildman–Crippen MR) is 197 cm³/mol. The molecule has 50 heavy (non-hydrogen) atoms. The number of ether oxygens (including phenoxy) is 2. The molecule has 0 heterocycles. The first-order chi connectivity index (χ1) is 23.3. The average Bonchev–Trinajstić information content (AvgIpc) is 3.65. The summed E-state index contributed by atoms with van der Waals surface area (Å²) in [4.78, 5) is 37.7. The third-order valence-electron chi connectivity index (χ3n) is 17.1. The van der Waals surface area contributed by atoms with Crippen LogP contribution in [-0.2, 0) is 23.9 Å². The minimum absolute atomic E-state index is 0.0342. The van der Waals surface area contributed by atoms with Gasteiger partial charge in [0, 0.05) is 11.8 Å². The Hall–Kier alpha value is -1.85. The average molecular weight is 695 g/mol. The van der Waals surface area contributed by atoms with E-state index in [0.29, 0.717) is 36.0 Å². The molecular formula is C44H70O6. The summed E-state index contributed by atoms with van der Waals surface area (Å²) in [6.45, 7) is 23.1. The summed E-state index contributed by atoms with van der Waals surface area (Å²) in [7, 11) is 0. The Morgan fingerprint density at radius 3 is 2.12 bits per heavy atom. The molecule has 6 aliphatic carbocycles. The normalized spacial score (nSPS) is 42.4. The quantitative estimate of drug-likeness (QED) is 0.181.